The fraction of sp³-hybridized carbons (Fsp3) is 0.217. The van der Waals surface area contributed by atoms with Crippen LogP contribution in [0.25, 0.3) is 10.9 Å². The number of benzene rings is 2. The third-order valence-electron chi connectivity index (χ3n) is 6.04. The second-order valence-corrected chi connectivity index (χ2v) is 7.84. The van der Waals surface area contributed by atoms with E-state index in [1.165, 1.54) is 24.0 Å². The third-order valence-corrected chi connectivity index (χ3v) is 6.04. The number of nitrogens with zero attached hydrogens (tertiary/aromatic N) is 1. The number of aliphatic hydroxyl groups excluding tert-OH is 1. The van der Waals surface area contributed by atoms with E-state index in [2.05, 4.69) is 4.98 Å². The number of aromatic amines is 1. The molecular formula is C23H17F3N2O3. The SMILES string of the molecule is C/C(O)=C1\C(=O)[C@@H]2Cc3c([nH]c4ccccc34)[C@H](c3ccc(C(F)(F)F)cc3)N2C1=O. The summed E-state index contributed by atoms with van der Waals surface area (Å²) in [5, 5.41) is 10.8. The number of hydrogen-bond donors (Lipinski definition) is 2. The number of para-hydroxylation sites is 1. The maximum atomic E-state index is 13.1. The molecule has 2 atom stereocenters. The average molecular weight is 426 g/mol. The zero-order chi connectivity index (χ0) is 22.1. The van der Waals surface area contributed by atoms with Gasteiger partial charge in [0.25, 0.3) is 5.91 Å². The molecule has 0 saturated carbocycles. The first-order valence-electron chi connectivity index (χ1n) is 9.72. The van der Waals surface area contributed by atoms with Gasteiger partial charge in [-0.15, -0.1) is 0 Å². The van der Waals surface area contributed by atoms with Gasteiger partial charge in [0.05, 0.1) is 11.6 Å². The number of aromatic nitrogens is 1. The van der Waals surface area contributed by atoms with E-state index < -0.39 is 35.5 Å². The van der Waals surface area contributed by atoms with E-state index in [9.17, 15) is 27.9 Å². The predicted molar refractivity (Wildman–Crippen MR) is 106 cm³/mol. The monoisotopic (exact) mass is 426 g/mol. The normalized spacial score (nSPS) is 22.6. The first-order chi connectivity index (χ1) is 14.7. The number of amides is 1. The van der Waals surface area contributed by atoms with Crippen LogP contribution in [-0.2, 0) is 22.2 Å². The van der Waals surface area contributed by atoms with Gasteiger partial charge >= 0.3 is 6.18 Å². The minimum Gasteiger partial charge on any atom is -0.512 e. The third kappa shape index (κ3) is 2.78. The van der Waals surface area contributed by atoms with Crippen molar-refractivity contribution in [3.63, 3.8) is 0 Å². The molecule has 158 valence electrons. The Kier molecular flexibility index (Phi) is 4.05. The van der Waals surface area contributed by atoms with Crippen LogP contribution in [0, 0.1) is 0 Å². The molecule has 3 heterocycles. The number of aliphatic hydroxyl groups is 1. The Hall–Kier alpha value is -3.55. The lowest BCUT2D eigenvalue weighted by Gasteiger charge is -2.37. The molecule has 0 bridgehead atoms. The Morgan fingerprint density at radius 2 is 1.77 bits per heavy atom. The van der Waals surface area contributed by atoms with Gasteiger partial charge in [0.2, 0.25) is 0 Å². The smallest absolute Gasteiger partial charge is 0.416 e. The van der Waals surface area contributed by atoms with E-state index in [1.807, 2.05) is 24.3 Å². The van der Waals surface area contributed by atoms with Crippen LogP contribution < -0.4 is 0 Å². The second-order valence-electron chi connectivity index (χ2n) is 7.84. The van der Waals surface area contributed by atoms with Gasteiger partial charge < -0.3 is 15.0 Å². The highest BCUT2D eigenvalue weighted by atomic mass is 19.4. The molecule has 8 heteroatoms. The Morgan fingerprint density at radius 1 is 1.10 bits per heavy atom. The van der Waals surface area contributed by atoms with E-state index in [-0.39, 0.29) is 17.8 Å². The zero-order valence-corrected chi connectivity index (χ0v) is 16.3. The number of nitrogens with one attached hydrogen (secondary N) is 1. The number of H-pyrrole nitrogens is 1. The molecule has 1 fully saturated rings. The summed E-state index contributed by atoms with van der Waals surface area (Å²) in [5.74, 6) is -1.45. The van der Waals surface area contributed by atoms with Crippen molar-refractivity contribution in [1.82, 2.24) is 9.88 Å². The molecule has 1 saturated heterocycles. The molecule has 0 aliphatic carbocycles. The Balaban J connectivity index is 1.73. The summed E-state index contributed by atoms with van der Waals surface area (Å²) in [6, 6.07) is 10.5. The number of fused-ring (bicyclic) bond motifs is 4. The maximum absolute atomic E-state index is 13.1. The minimum absolute atomic E-state index is 0.262. The molecule has 31 heavy (non-hydrogen) atoms. The van der Waals surface area contributed by atoms with Crippen LogP contribution in [0.4, 0.5) is 13.2 Å². The molecule has 3 aromatic rings. The van der Waals surface area contributed by atoms with Gasteiger partial charge in [-0.2, -0.15) is 13.2 Å². The van der Waals surface area contributed by atoms with Gasteiger partial charge in [0, 0.05) is 23.0 Å². The molecule has 2 aliphatic heterocycles. The molecule has 0 radical (unpaired) electrons. The summed E-state index contributed by atoms with van der Waals surface area (Å²) >= 11 is 0. The lowest BCUT2D eigenvalue weighted by Crippen LogP contribution is -2.44. The van der Waals surface area contributed by atoms with E-state index in [0.29, 0.717) is 11.3 Å². The van der Waals surface area contributed by atoms with E-state index >= 15 is 0 Å². The van der Waals surface area contributed by atoms with Gasteiger partial charge in [-0.25, -0.2) is 0 Å². The lowest BCUT2D eigenvalue weighted by molar-refractivity contribution is -0.137. The van der Waals surface area contributed by atoms with Crippen LogP contribution in [0.1, 0.15) is 35.3 Å². The molecule has 5 rings (SSSR count). The maximum Gasteiger partial charge on any atom is 0.416 e. The molecule has 2 aromatic carbocycles. The Labute approximate surface area is 174 Å². The van der Waals surface area contributed by atoms with Crippen LogP contribution in [-0.4, -0.2) is 32.7 Å². The topological polar surface area (TPSA) is 73.4 Å². The largest absolute Gasteiger partial charge is 0.512 e. The van der Waals surface area contributed by atoms with Crippen LogP contribution in [0.3, 0.4) is 0 Å². The Bertz CT molecular complexity index is 1270. The van der Waals surface area contributed by atoms with Gasteiger partial charge in [-0.3, -0.25) is 9.59 Å². The van der Waals surface area contributed by atoms with Crippen LogP contribution in [0.15, 0.2) is 59.9 Å². The summed E-state index contributed by atoms with van der Waals surface area (Å²) in [4.78, 5) is 30.8. The molecule has 1 aromatic heterocycles. The van der Waals surface area contributed by atoms with Crippen molar-refractivity contribution in [3.8, 4) is 0 Å². The average Bonchev–Trinajstić information content (AvgIpc) is 3.21. The second kappa shape index (κ2) is 6.47. The standard InChI is InChI=1S/C23H17F3N2O3/c1-11(29)18-21(30)17-10-15-14-4-2-3-5-16(14)27-19(15)20(28(17)22(18)31)12-6-8-13(9-7-12)23(24,25)26/h2-9,17,20,27,29H,10H2,1H3/b18-11-/t17-,20-/m0/s1. The fourth-order valence-electron chi connectivity index (χ4n) is 4.68. The first kappa shape index (κ1) is 19.4. The fourth-order valence-corrected chi connectivity index (χ4v) is 4.68. The van der Waals surface area contributed by atoms with Crippen LogP contribution >= 0.6 is 0 Å². The summed E-state index contributed by atoms with van der Waals surface area (Å²) in [6.45, 7) is 1.28. The van der Waals surface area contributed by atoms with Gasteiger partial charge in [0.15, 0.2) is 5.78 Å². The number of hydrogen-bond acceptors (Lipinski definition) is 3. The van der Waals surface area contributed by atoms with Gasteiger partial charge in [0.1, 0.15) is 17.4 Å². The predicted octanol–water partition coefficient (Wildman–Crippen LogP) is 4.44. The summed E-state index contributed by atoms with van der Waals surface area (Å²) in [5.41, 5.74) is 1.71. The molecule has 2 N–H and O–H groups in total. The molecule has 0 unspecified atom stereocenters. The van der Waals surface area contributed by atoms with Crippen molar-refractivity contribution in [2.24, 2.45) is 0 Å². The number of alkyl halides is 3. The molecule has 5 nitrogen and oxygen atoms in total. The molecular weight excluding hydrogens is 409 g/mol. The number of ketones is 1. The van der Waals surface area contributed by atoms with Crippen molar-refractivity contribution in [2.45, 2.75) is 31.6 Å². The number of allylic oxidation sites excluding steroid dienone is 1. The summed E-state index contributed by atoms with van der Waals surface area (Å²) in [6.07, 6.45) is -4.22. The number of carbonyl (C=O) groups is 2. The number of rotatable bonds is 1. The highest BCUT2D eigenvalue weighted by Crippen LogP contribution is 2.45. The zero-order valence-electron chi connectivity index (χ0n) is 16.3. The van der Waals surface area contributed by atoms with Crippen molar-refractivity contribution >= 4 is 22.6 Å². The van der Waals surface area contributed by atoms with E-state index in [4.69, 9.17) is 0 Å². The lowest BCUT2D eigenvalue weighted by atomic mass is 9.88. The highest BCUT2D eigenvalue weighted by Gasteiger charge is 2.52. The summed E-state index contributed by atoms with van der Waals surface area (Å²) in [7, 11) is 0. The van der Waals surface area contributed by atoms with E-state index in [1.54, 1.807) is 0 Å². The number of Topliss-reactive ketones (excluding diaryl/α,β-unsaturated/α-hetero) is 1. The van der Waals surface area contributed by atoms with Crippen molar-refractivity contribution in [1.29, 1.82) is 0 Å². The first-order valence-corrected chi connectivity index (χ1v) is 9.72. The van der Waals surface area contributed by atoms with E-state index in [0.717, 1.165) is 28.6 Å². The minimum atomic E-state index is -4.48. The van der Waals surface area contributed by atoms with Crippen molar-refractivity contribution in [3.05, 3.63) is 82.2 Å². The molecule has 2 aliphatic rings. The van der Waals surface area contributed by atoms with Crippen LogP contribution in [0.5, 0.6) is 0 Å². The molecule has 1 amide bonds. The molecule has 0 spiro atoms. The Morgan fingerprint density at radius 3 is 2.42 bits per heavy atom. The number of carbonyl (C=O) groups excluding carboxylic acids is 2. The van der Waals surface area contributed by atoms with Gasteiger partial charge in [-0.1, -0.05) is 30.3 Å². The van der Waals surface area contributed by atoms with Gasteiger partial charge in [-0.05, 0) is 36.2 Å². The highest BCUT2D eigenvalue weighted by molar-refractivity contribution is 6.27. The van der Waals surface area contributed by atoms with Crippen LogP contribution in [0.2, 0.25) is 0 Å². The van der Waals surface area contributed by atoms with Crippen molar-refractivity contribution < 1.29 is 27.9 Å². The quantitative estimate of drug-likeness (QED) is 0.343. The van der Waals surface area contributed by atoms with Crippen molar-refractivity contribution in [2.75, 3.05) is 0 Å². The number of halogens is 3. The summed E-state index contributed by atoms with van der Waals surface area (Å²) < 4.78 is 39.2.